The van der Waals surface area contributed by atoms with Gasteiger partial charge in [0.1, 0.15) is 5.82 Å². The molecular weight excluding hydrogens is 325 g/mol. The second-order valence-corrected chi connectivity index (χ2v) is 6.59. The van der Waals surface area contributed by atoms with Gasteiger partial charge in [0, 0.05) is 5.56 Å². The van der Waals surface area contributed by atoms with E-state index in [4.69, 9.17) is 0 Å². The highest BCUT2D eigenvalue weighted by Crippen LogP contribution is 2.24. The number of amidine groups is 1. The minimum Gasteiger partial charge on any atom is -0.303 e. The molecule has 2 aromatic carbocycles. The Bertz CT molecular complexity index is 819. The summed E-state index contributed by atoms with van der Waals surface area (Å²) in [5, 5.41) is 10.8. The maximum Gasteiger partial charge on any atom is 0.239 e. The van der Waals surface area contributed by atoms with Gasteiger partial charge in [-0.1, -0.05) is 54.2 Å². The number of hydrogen-bond donors (Lipinski definition) is 1. The Labute approximate surface area is 143 Å². The van der Waals surface area contributed by atoms with Crippen LogP contribution in [0.3, 0.4) is 0 Å². The van der Waals surface area contributed by atoms with Gasteiger partial charge in [0.25, 0.3) is 0 Å². The van der Waals surface area contributed by atoms with Crippen molar-refractivity contribution in [3.63, 3.8) is 0 Å². The molecule has 1 fully saturated rings. The van der Waals surface area contributed by atoms with E-state index < -0.39 is 0 Å². The van der Waals surface area contributed by atoms with Crippen molar-refractivity contribution in [1.82, 2.24) is 5.32 Å². The van der Waals surface area contributed by atoms with E-state index in [1.54, 1.807) is 18.2 Å². The smallest absolute Gasteiger partial charge is 0.239 e. The van der Waals surface area contributed by atoms with Crippen LogP contribution in [0.25, 0.3) is 0 Å². The largest absolute Gasteiger partial charge is 0.303 e. The van der Waals surface area contributed by atoms with Gasteiger partial charge in [0.2, 0.25) is 5.91 Å². The third-order valence-corrected chi connectivity index (χ3v) is 4.77. The van der Waals surface area contributed by atoms with Crippen molar-refractivity contribution in [1.29, 1.82) is 0 Å². The molecule has 0 radical (unpaired) electrons. The second-order valence-electron chi connectivity index (χ2n) is 5.40. The highest BCUT2D eigenvalue weighted by Gasteiger charge is 2.30. The van der Waals surface area contributed by atoms with E-state index in [0.29, 0.717) is 17.2 Å². The molecule has 1 heterocycles. The van der Waals surface area contributed by atoms with Crippen molar-refractivity contribution >= 4 is 29.1 Å². The number of thioether (sulfide) groups is 1. The van der Waals surface area contributed by atoms with Crippen LogP contribution < -0.4 is 5.32 Å². The summed E-state index contributed by atoms with van der Waals surface area (Å²) < 4.78 is 13.5. The number of carbonyl (C=O) groups is 1. The molecule has 4 nitrogen and oxygen atoms in total. The van der Waals surface area contributed by atoms with Crippen molar-refractivity contribution in [3.8, 4) is 0 Å². The van der Waals surface area contributed by atoms with Crippen LogP contribution >= 0.6 is 11.8 Å². The molecule has 0 aromatic heterocycles. The summed E-state index contributed by atoms with van der Waals surface area (Å²) in [6.07, 6.45) is 1.98. The lowest BCUT2D eigenvalue weighted by Gasteiger charge is -2.07. The molecule has 1 N–H and O–H groups in total. The van der Waals surface area contributed by atoms with Crippen LogP contribution in [0.4, 0.5) is 4.39 Å². The van der Waals surface area contributed by atoms with Gasteiger partial charge in [0.05, 0.1) is 11.5 Å². The number of nitrogens with zero attached hydrogens (tertiary/aromatic N) is 2. The molecule has 1 atom stereocenters. The van der Waals surface area contributed by atoms with E-state index in [1.807, 2.05) is 31.2 Å². The van der Waals surface area contributed by atoms with Crippen LogP contribution in [-0.4, -0.2) is 22.5 Å². The number of carbonyl (C=O) groups excluding carboxylic acids is 1. The van der Waals surface area contributed by atoms with Crippen LogP contribution in [0, 0.1) is 12.7 Å². The fourth-order valence-electron chi connectivity index (χ4n) is 2.35. The first kappa shape index (κ1) is 16.4. The van der Waals surface area contributed by atoms with Crippen LogP contribution in [0.15, 0.2) is 58.7 Å². The minimum atomic E-state index is -0.359. The van der Waals surface area contributed by atoms with Gasteiger partial charge >= 0.3 is 0 Å². The first-order chi connectivity index (χ1) is 11.6. The van der Waals surface area contributed by atoms with Gasteiger partial charge in [-0.25, -0.2) is 4.39 Å². The Kier molecular flexibility index (Phi) is 5.05. The summed E-state index contributed by atoms with van der Waals surface area (Å²) in [4.78, 5) is 12.1. The van der Waals surface area contributed by atoms with Gasteiger partial charge in [-0.2, -0.15) is 5.10 Å². The lowest BCUT2D eigenvalue weighted by molar-refractivity contribution is -0.118. The molecule has 0 bridgehead atoms. The predicted molar refractivity (Wildman–Crippen MR) is 95.8 cm³/mol. The molecular formula is C18H16FN3OS. The molecule has 0 spiro atoms. The number of nitrogens with one attached hydrogen (secondary N) is 1. The molecule has 1 aliphatic heterocycles. The predicted octanol–water partition coefficient (Wildman–Crippen LogP) is 3.30. The van der Waals surface area contributed by atoms with E-state index in [-0.39, 0.29) is 17.0 Å². The lowest BCUT2D eigenvalue weighted by atomic mass is 10.0. The first-order valence-electron chi connectivity index (χ1n) is 7.51. The highest BCUT2D eigenvalue weighted by molar-refractivity contribution is 8.15. The summed E-state index contributed by atoms with van der Waals surface area (Å²) in [5.74, 6) is -0.440. The highest BCUT2D eigenvalue weighted by atomic mass is 32.2. The zero-order chi connectivity index (χ0) is 16.9. The van der Waals surface area contributed by atoms with Crippen molar-refractivity contribution in [3.05, 3.63) is 71.0 Å². The van der Waals surface area contributed by atoms with Crippen molar-refractivity contribution in [2.24, 2.45) is 10.2 Å². The molecule has 1 amide bonds. The normalized spacial score (nSPS) is 19.2. The average molecular weight is 341 g/mol. The monoisotopic (exact) mass is 341 g/mol. The quantitative estimate of drug-likeness (QED) is 0.685. The number of amides is 1. The van der Waals surface area contributed by atoms with Gasteiger partial charge < -0.3 is 5.32 Å². The Morgan fingerprint density at radius 3 is 2.75 bits per heavy atom. The van der Waals surface area contributed by atoms with Gasteiger partial charge in [-0.3, -0.25) is 4.79 Å². The SMILES string of the molecule is Cc1ccccc1CC1S/C(=N/N=C/c2ccccc2F)NC1=O. The number of benzene rings is 2. The topological polar surface area (TPSA) is 53.8 Å². The average Bonchev–Trinajstić information content (AvgIpc) is 2.91. The van der Waals surface area contributed by atoms with E-state index in [9.17, 15) is 9.18 Å². The van der Waals surface area contributed by atoms with Gasteiger partial charge in [0.15, 0.2) is 5.17 Å². The molecule has 6 heteroatoms. The zero-order valence-electron chi connectivity index (χ0n) is 13.1. The number of aryl methyl sites for hydroxylation is 1. The Morgan fingerprint density at radius 2 is 1.96 bits per heavy atom. The molecule has 1 unspecified atom stereocenters. The molecule has 1 aliphatic rings. The van der Waals surface area contributed by atoms with Crippen LogP contribution in [0.2, 0.25) is 0 Å². The molecule has 24 heavy (non-hydrogen) atoms. The molecule has 3 rings (SSSR count). The van der Waals surface area contributed by atoms with Gasteiger partial charge in [-0.05, 0) is 30.5 Å². The molecule has 0 aliphatic carbocycles. The maximum atomic E-state index is 13.5. The Hall–Kier alpha value is -2.47. The third kappa shape index (κ3) is 3.89. The third-order valence-electron chi connectivity index (χ3n) is 3.69. The first-order valence-corrected chi connectivity index (χ1v) is 8.39. The van der Waals surface area contributed by atoms with Crippen LogP contribution in [0.5, 0.6) is 0 Å². The zero-order valence-corrected chi connectivity index (χ0v) is 13.9. The van der Waals surface area contributed by atoms with Gasteiger partial charge in [-0.15, -0.1) is 5.10 Å². The summed E-state index contributed by atoms with van der Waals surface area (Å²) in [6, 6.07) is 14.3. The minimum absolute atomic E-state index is 0.0805. The van der Waals surface area contributed by atoms with Crippen molar-refractivity contribution < 1.29 is 9.18 Å². The van der Waals surface area contributed by atoms with Crippen LogP contribution in [-0.2, 0) is 11.2 Å². The molecule has 1 saturated heterocycles. The van der Waals surface area contributed by atoms with Crippen LogP contribution in [0.1, 0.15) is 16.7 Å². The van der Waals surface area contributed by atoms with E-state index in [2.05, 4.69) is 15.5 Å². The summed E-state index contributed by atoms with van der Waals surface area (Å²) >= 11 is 1.34. The number of halogens is 1. The summed E-state index contributed by atoms with van der Waals surface area (Å²) in [7, 11) is 0. The standard InChI is InChI=1S/C18H16FN3OS/c1-12-6-2-3-7-13(12)10-16-17(23)21-18(24-16)22-20-11-14-8-4-5-9-15(14)19/h2-9,11,16H,10H2,1H3,(H,21,22,23)/b20-11+. The second kappa shape index (κ2) is 7.40. The number of rotatable bonds is 4. The van der Waals surface area contributed by atoms with Crippen molar-refractivity contribution in [2.45, 2.75) is 18.6 Å². The Balaban J connectivity index is 1.66. The molecule has 2 aromatic rings. The molecule has 122 valence electrons. The van der Waals surface area contributed by atoms with E-state index >= 15 is 0 Å². The number of hydrogen-bond acceptors (Lipinski definition) is 4. The van der Waals surface area contributed by atoms with Crippen molar-refractivity contribution in [2.75, 3.05) is 0 Å². The summed E-state index contributed by atoms with van der Waals surface area (Å²) in [5.41, 5.74) is 2.66. The molecule has 0 saturated carbocycles. The summed E-state index contributed by atoms with van der Waals surface area (Å²) in [6.45, 7) is 2.03. The Morgan fingerprint density at radius 1 is 1.21 bits per heavy atom. The lowest BCUT2D eigenvalue weighted by Crippen LogP contribution is -2.26. The van der Waals surface area contributed by atoms with E-state index in [0.717, 1.165) is 11.1 Å². The maximum absolute atomic E-state index is 13.5. The van der Waals surface area contributed by atoms with E-state index in [1.165, 1.54) is 24.0 Å². The fourth-order valence-corrected chi connectivity index (χ4v) is 3.30. The fraction of sp³-hybridized carbons (Fsp3) is 0.167.